The lowest BCUT2D eigenvalue weighted by atomic mass is 10.1. The Kier molecular flexibility index (Phi) is 7.44. The quantitative estimate of drug-likeness (QED) is 0.354. The van der Waals surface area contributed by atoms with Crippen LogP contribution in [0.2, 0.25) is 0 Å². The maximum Gasteiger partial charge on any atom is 0.243 e. The highest BCUT2D eigenvalue weighted by Gasteiger charge is 2.18. The number of hydrogen-bond donors (Lipinski definition) is 2. The number of furan rings is 1. The minimum absolute atomic E-state index is 0.0990. The Morgan fingerprint density at radius 3 is 2.56 bits per heavy atom. The molecule has 4 rings (SSSR count). The van der Waals surface area contributed by atoms with Crippen molar-refractivity contribution in [1.82, 2.24) is 20.1 Å². The number of aryl methyl sites for hydroxylation is 1. The molecule has 4 aromatic rings. The summed E-state index contributed by atoms with van der Waals surface area (Å²) in [6.07, 6.45) is 1.58. The van der Waals surface area contributed by atoms with E-state index in [9.17, 15) is 9.59 Å². The SMILES string of the molecule is Cc1cccc(NC(=O)CNC(=O)CSc2nnc(-c3ccco3)n2Cc2ccccc2)c1C. The Labute approximate surface area is 201 Å². The summed E-state index contributed by atoms with van der Waals surface area (Å²) in [6, 6.07) is 19.2. The molecule has 0 saturated heterocycles. The monoisotopic (exact) mass is 475 g/mol. The van der Waals surface area contributed by atoms with Gasteiger partial charge in [0, 0.05) is 5.69 Å². The number of hydrogen-bond acceptors (Lipinski definition) is 6. The molecule has 0 aliphatic carbocycles. The number of carbonyl (C=O) groups excluding carboxylic acids is 2. The van der Waals surface area contributed by atoms with Gasteiger partial charge in [-0.05, 0) is 48.7 Å². The maximum atomic E-state index is 12.4. The van der Waals surface area contributed by atoms with Crippen LogP contribution in [-0.2, 0) is 16.1 Å². The van der Waals surface area contributed by atoms with Crippen molar-refractivity contribution in [3.63, 3.8) is 0 Å². The molecule has 174 valence electrons. The van der Waals surface area contributed by atoms with Gasteiger partial charge in [0.05, 0.1) is 25.1 Å². The summed E-state index contributed by atoms with van der Waals surface area (Å²) in [7, 11) is 0. The first-order valence-corrected chi connectivity index (χ1v) is 11.8. The average Bonchev–Trinajstić information content (AvgIpc) is 3.50. The molecule has 2 N–H and O–H groups in total. The van der Waals surface area contributed by atoms with Gasteiger partial charge in [0.2, 0.25) is 17.6 Å². The number of nitrogens with zero attached hydrogens (tertiary/aromatic N) is 3. The fourth-order valence-electron chi connectivity index (χ4n) is 3.33. The van der Waals surface area contributed by atoms with Gasteiger partial charge in [-0.15, -0.1) is 10.2 Å². The van der Waals surface area contributed by atoms with E-state index in [2.05, 4.69) is 20.8 Å². The van der Waals surface area contributed by atoms with Crippen LogP contribution in [0.3, 0.4) is 0 Å². The number of aromatic nitrogens is 3. The molecule has 0 fully saturated rings. The van der Waals surface area contributed by atoms with E-state index in [0.717, 1.165) is 22.4 Å². The largest absolute Gasteiger partial charge is 0.461 e. The third-order valence-electron chi connectivity index (χ3n) is 5.30. The molecule has 8 nitrogen and oxygen atoms in total. The Morgan fingerprint density at radius 1 is 0.971 bits per heavy atom. The zero-order valence-electron chi connectivity index (χ0n) is 18.9. The van der Waals surface area contributed by atoms with Gasteiger partial charge in [-0.1, -0.05) is 54.2 Å². The predicted octanol–water partition coefficient (Wildman–Crippen LogP) is 4.05. The van der Waals surface area contributed by atoms with E-state index in [1.54, 1.807) is 12.3 Å². The van der Waals surface area contributed by atoms with Gasteiger partial charge in [-0.25, -0.2) is 0 Å². The molecule has 2 aromatic heterocycles. The van der Waals surface area contributed by atoms with E-state index in [0.29, 0.717) is 23.3 Å². The number of amides is 2. The molecule has 0 aliphatic heterocycles. The molecule has 0 spiro atoms. The number of thioether (sulfide) groups is 1. The van der Waals surface area contributed by atoms with E-state index in [1.807, 2.05) is 73.0 Å². The molecule has 2 amide bonds. The summed E-state index contributed by atoms with van der Waals surface area (Å²) in [5.74, 6) is 0.740. The highest BCUT2D eigenvalue weighted by molar-refractivity contribution is 7.99. The fraction of sp³-hybridized carbons (Fsp3) is 0.200. The number of nitrogens with one attached hydrogen (secondary N) is 2. The first kappa shape index (κ1) is 23.3. The minimum atomic E-state index is -0.278. The zero-order chi connectivity index (χ0) is 23.9. The van der Waals surface area contributed by atoms with Gasteiger partial charge in [-0.2, -0.15) is 0 Å². The molecular weight excluding hydrogens is 450 g/mol. The molecule has 34 heavy (non-hydrogen) atoms. The van der Waals surface area contributed by atoms with Crippen LogP contribution < -0.4 is 10.6 Å². The normalized spacial score (nSPS) is 10.8. The van der Waals surface area contributed by atoms with Gasteiger partial charge in [0.1, 0.15) is 0 Å². The van der Waals surface area contributed by atoms with E-state index in [1.165, 1.54) is 11.8 Å². The second-order valence-corrected chi connectivity index (χ2v) is 8.66. The van der Waals surface area contributed by atoms with E-state index >= 15 is 0 Å². The summed E-state index contributed by atoms with van der Waals surface area (Å²) < 4.78 is 7.43. The van der Waals surface area contributed by atoms with Crippen molar-refractivity contribution in [2.24, 2.45) is 0 Å². The highest BCUT2D eigenvalue weighted by atomic mass is 32.2. The van der Waals surface area contributed by atoms with E-state index in [-0.39, 0.29) is 24.1 Å². The van der Waals surface area contributed by atoms with Gasteiger partial charge in [0.25, 0.3) is 0 Å². The molecule has 2 heterocycles. The number of anilines is 1. The van der Waals surface area contributed by atoms with Crippen LogP contribution in [0.4, 0.5) is 5.69 Å². The molecule has 0 unspecified atom stereocenters. The molecule has 0 saturated carbocycles. The van der Waals surface area contributed by atoms with Crippen LogP contribution in [-0.4, -0.2) is 38.9 Å². The predicted molar refractivity (Wildman–Crippen MR) is 132 cm³/mol. The van der Waals surface area contributed by atoms with Gasteiger partial charge >= 0.3 is 0 Å². The van der Waals surface area contributed by atoms with Gasteiger partial charge in [0.15, 0.2) is 10.9 Å². The third kappa shape index (κ3) is 5.74. The third-order valence-corrected chi connectivity index (χ3v) is 6.27. The lowest BCUT2D eigenvalue weighted by Crippen LogP contribution is -2.34. The van der Waals surface area contributed by atoms with Gasteiger partial charge < -0.3 is 15.1 Å². The highest BCUT2D eigenvalue weighted by Crippen LogP contribution is 2.25. The lowest BCUT2D eigenvalue weighted by molar-refractivity contribution is -0.122. The molecule has 0 aliphatic rings. The van der Waals surface area contributed by atoms with Crippen molar-refractivity contribution in [3.8, 4) is 11.6 Å². The Balaban J connectivity index is 1.36. The number of rotatable bonds is 9. The molecule has 0 atom stereocenters. The molecular formula is C25H25N5O3S. The van der Waals surface area contributed by atoms with Crippen LogP contribution in [0, 0.1) is 13.8 Å². The van der Waals surface area contributed by atoms with Crippen molar-refractivity contribution in [2.45, 2.75) is 25.5 Å². The molecule has 0 bridgehead atoms. The van der Waals surface area contributed by atoms with Crippen molar-refractivity contribution in [2.75, 3.05) is 17.6 Å². The second-order valence-electron chi connectivity index (χ2n) is 7.72. The summed E-state index contributed by atoms with van der Waals surface area (Å²) in [4.78, 5) is 24.7. The maximum absolute atomic E-state index is 12.4. The Bertz CT molecular complexity index is 1270. The fourth-order valence-corrected chi connectivity index (χ4v) is 4.10. The summed E-state index contributed by atoms with van der Waals surface area (Å²) in [6.45, 7) is 4.35. The number of benzene rings is 2. The molecule has 9 heteroatoms. The van der Waals surface area contributed by atoms with E-state index < -0.39 is 0 Å². The smallest absolute Gasteiger partial charge is 0.243 e. The van der Waals surface area contributed by atoms with Crippen LogP contribution in [0.1, 0.15) is 16.7 Å². The summed E-state index contributed by atoms with van der Waals surface area (Å²) >= 11 is 1.26. The average molecular weight is 476 g/mol. The first-order valence-electron chi connectivity index (χ1n) is 10.8. The Hall–Kier alpha value is -3.85. The van der Waals surface area contributed by atoms with Gasteiger partial charge in [-0.3, -0.25) is 14.2 Å². The second kappa shape index (κ2) is 10.8. The van der Waals surface area contributed by atoms with Crippen molar-refractivity contribution in [3.05, 3.63) is 83.6 Å². The molecule has 0 radical (unpaired) electrons. The van der Waals surface area contributed by atoms with E-state index in [4.69, 9.17) is 4.42 Å². The van der Waals surface area contributed by atoms with Crippen molar-refractivity contribution >= 4 is 29.3 Å². The summed E-state index contributed by atoms with van der Waals surface area (Å²) in [5.41, 5.74) is 3.91. The standard InChI is InChI=1S/C25H25N5O3S/c1-17-8-6-11-20(18(17)2)27-22(31)14-26-23(32)16-34-25-29-28-24(21-12-7-13-33-21)30(25)15-19-9-4-3-5-10-19/h3-13H,14-16H2,1-2H3,(H,26,32)(H,27,31). The summed E-state index contributed by atoms with van der Waals surface area (Å²) in [5, 5.41) is 14.6. The zero-order valence-corrected chi connectivity index (χ0v) is 19.8. The molecule has 2 aromatic carbocycles. The van der Waals surface area contributed by atoms with Crippen LogP contribution >= 0.6 is 11.8 Å². The Morgan fingerprint density at radius 2 is 1.79 bits per heavy atom. The van der Waals surface area contributed by atoms with Crippen molar-refractivity contribution < 1.29 is 14.0 Å². The topological polar surface area (TPSA) is 102 Å². The number of carbonyl (C=O) groups is 2. The van der Waals surface area contributed by atoms with Crippen LogP contribution in [0.25, 0.3) is 11.6 Å². The first-order chi connectivity index (χ1) is 16.5. The van der Waals surface area contributed by atoms with Crippen molar-refractivity contribution in [1.29, 1.82) is 0 Å². The van der Waals surface area contributed by atoms with Crippen LogP contribution in [0.5, 0.6) is 0 Å². The minimum Gasteiger partial charge on any atom is -0.461 e. The van der Waals surface area contributed by atoms with Crippen LogP contribution in [0.15, 0.2) is 76.5 Å². The lowest BCUT2D eigenvalue weighted by Gasteiger charge is -2.11.